The average Bonchev–Trinajstić information content (AvgIpc) is 2.77. The minimum absolute atomic E-state index is 0.858. The quantitative estimate of drug-likeness (QED) is 0.824. The fraction of sp³-hybridized carbons (Fsp3) is 0.444. The minimum Gasteiger partial charge on any atom is -0.356 e. The SMILES string of the molecule is Clc1ccc(CCNC2=NCCN2)s1. The second kappa shape index (κ2) is 4.66. The molecule has 5 heteroatoms. The highest BCUT2D eigenvalue weighted by Crippen LogP contribution is 2.21. The van der Waals surface area contributed by atoms with Gasteiger partial charge in [-0.3, -0.25) is 4.99 Å². The van der Waals surface area contributed by atoms with Gasteiger partial charge in [-0.15, -0.1) is 11.3 Å². The van der Waals surface area contributed by atoms with Crippen molar-refractivity contribution in [1.82, 2.24) is 10.6 Å². The molecule has 2 heterocycles. The molecule has 0 spiro atoms. The van der Waals surface area contributed by atoms with Crippen molar-refractivity contribution in [3.63, 3.8) is 0 Å². The molecule has 0 aromatic carbocycles. The van der Waals surface area contributed by atoms with Crippen LogP contribution in [0.4, 0.5) is 0 Å². The maximum absolute atomic E-state index is 5.83. The summed E-state index contributed by atoms with van der Waals surface area (Å²) in [5.74, 6) is 0.924. The summed E-state index contributed by atoms with van der Waals surface area (Å²) in [5.41, 5.74) is 0. The largest absolute Gasteiger partial charge is 0.356 e. The van der Waals surface area contributed by atoms with Crippen LogP contribution in [0.3, 0.4) is 0 Å². The number of hydrogen-bond donors (Lipinski definition) is 2. The van der Waals surface area contributed by atoms with E-state index < -0.39 is 0 Å². The van der Waals surface area contributed by atoms with Crippen molar-refractivity contribution >= 4 is 28.9 Å². The molecule has 2 rings (SSSR count). The van der Waals surface area contributed by atoms with E-state index in [0.717, 1.165) is 36.4 Å². The van der Waals surface area contributed by atoms with Crippen LogP contribution >= 0.6 is 22.9 Å². The number of halogens is 1. The predicted octanol–water partition coefficient (Wildman–Crippen LogP) is 1.49. The van der Waals surface area contributed by atoms with E-state index in [-0.39, 0.29) is 0 Å². The monoisotopic (exact) mass is 229 g/mol. The van der Waals surface area contributed by atoms with Crippen molar-refractivity contribution < 1.29 is 0 Å². The van der Waals surface area contributed by atoms with Crippen LogP contribution in [0.1, 0.15) is 4.88 Å². The maximum atomic E-state index is 5.83. The van der Waals surface area contributed by atoms with Crippen molar-refractivity contribution in [2.75, 3.05) is 19.6 Å². The van der Waals surface area contributed by atoms with E-state index in [1.165, 1.54) is 4.88 Å². The third-order valence-corrected chi connectivity index (χ3v) is 3.26. The summed E-state index contributed by atoms with van der Waals surface area (Å²) < 4.78 is 0.858. The Morgan fingerprint density at radius 1 is 1.57 bits per heavy atom. The van der Waals surface area contributed by atoms with Gasteiger partial charge in [0.1, 0.15) is 0 Å². The molecule has 0 unspecified atom stereocenters. The van der Waals surface area contributed by atoms with Gasteiger partial charge in [-0.2, -0.15) is 0 Å². The summed E-state index contributed by atoms with van der Waals surface area (Å²) >= 11 is 7.46. The van der Waals surface area contributed by atoms with Crippen LogP contribution in [-0.2, 0) is 6.42 Å². The van der Waals surface area contributed by atoms with Crippen molar-refractivity contribution in [2.24, 2.45) is 4.99 Å². The van der Waals surface area contributed by atoms with E-state index in [9.17, 15) is 0 Å². The Bertz CT molecular complexity index is 335. The van der Waals surface area contributed by atoms with E-state index in [4.69, 9.17) is 11.6 Å². The van der Waals surface area contributed by atoms with Crippen LogP contribution in [0.25, 0.3) is 0 Å². The van der Waals surface area contributed by atoms with Crippen LogP contribution in [0, 0.1) is 0 Å². The van der Waals surface area contributed by atoms with E-state index >= 15 is 0 Å². The molecule has 0 saturated carbocycles. The highest BCUT2D eigenvalue weighted by Gasteiger charge is 2.03. The first-order valence-electron chi connectivity index (χ1n) is 4.61. The van der Waals surface area contributed by atoms with Gasteiger partial charge >= 0.3 is 0 Å². The third-order valence-electron chi connectivity index (χ3n) is 1.97. The summed E-state index contributed by atoms with van der Waals surface area (Å²) in [6, 6.07) is 4.01. The van der Waals surface area contributed by atoms with Crippen molar-refractivity contribution in [2.45, 2.75) is 6.42 Å². The smallest absolute Gasteiger partial charge is 0.191 e. The molecule has 3 nitrogen and oxygen atoms in total. The fourth-order valence-electron chi connectivity index (χ4n) is 1.31. The van der Waals surface area contributed by atoms with Crippen LogP contribution in [-0.4, -0.2) is 25.6 Å². The minimum atomic E-state index is 0.858. The van der Waals surface area contributed by atoms with Crippen LogP contribution in [0.2, 0.25) is 4.34 Å². The topological polar surface area (TPSA) is 36.4 Å². The van der Waals surface area contributed by atoms with Gasteiger partial charge in [0.15, 0.2) is 5.96 Å². The zero-order chi connectivity index (χ0) is 9.80. The molecule has 1 aromatic heterocycles. The summed E-state index contributed by atoms with van der Waals surface area (Å²) in [6.45, 7) is 2.74. The lowest BCUT2D eigenvalue weighted by molar-refractivity contribution is 0.845. The molecule has 2 N–H and O–H groups in total. The molecule has 0 saturated heterocycles. The lowest BCUT2D eigenvalue weighted by atomic mass is 10.3. The van der Waals surface area contributed by atoms with Gasteiger partial charge in [0, 0.05) is 18.0 Å². The van der Waals surface area contributed by atoms with Crippen LogP contribution in [0.15, 0.2) is 17.1 Å². The van der Waals surface area contributed by atoms with Crippen molar-refractivity contribution in [3.05, 3.63) is 21.3 Å². The standard InChI is InChI=1S/C9H12ClN3S/c10-8-2-1-7(14-8)3-4-11-9-12-5-6-13-9/h1-2H,3-6H2,(H2,11,12,13). The van der Waals surface area contributed by atoms with Gasteiger partial charge in [0.2, 0.25) is 0 Å². The lowest BCUT2D eigenvalue weighted by Crippen LogP contribution is -2.34. The first-order valence-corrected chi connectivity index (χ1v) is 5.80. The zero-order valence-corrected chi connectivity index (χ0v) is 9.29. The van der Waals surface area contributed by atoms with Gasteiger partial charge in [-0.1, -0.05) is 11.6 Å². The summed E-state index contributed by atoms with van der Waals surface area (Å²) in [6.07, 6.45) is 0.998. The summed E-state index contributed by atoms with van der Waals surface area (Å²) in [5, 5.41) is 6.41. The second-order valence-electron chi connectivity index (χ2n) is 3.04. The molecule has 0 atom stereocenters. The number of aliphatic imine (C=N–C) groups is 1. The average molecular weight is 230 g/mol. The number of thiophene rings is 1. The molecule has 0 bridgehead atoms. The Hall–Kier alpha value is -0.740. The molecule has 0 amide bonds. The molecule has 1 aliphatic rings. The molecule has 0 fully saturated rings. The van der Waals surface area contributed by atoms with E-state index in [1.807, 2.05) is 6.07 Å². The molecule has 1 aromatic rings. The molecule has 0 aliphatic carbocycles. The van der Waals surface area contributed by atoms with E-state index in [1.54, 1.807) is 11.3 Å². The van der Waals surface area contributed by atoms with E-state index in [0.29, 0.717) is 0 Å². The van der Waals surface area contributed by atoms with Gasteiger partial charge < -0.3 is 10.6 Å². The highest BCUT2D eigenvalue weighted by atomic mass is 35.5. The van der Waals surface area contributed by atoms with Gasteiger partial charge in [-0.05, 0) is 18.6 Å². The summed E-state index contributed by atoms with van der Waals surface area (Å²) in [4.78, 5) is 5.55. The van der Waals surface area contributed by atoms with Crippen LogP contribution in [0.5, 0.6) is 0 Å². The molecular weight excluding hydrogens is 218 g/mol. The van der Waals surface area contributed by atoms with Gasteiger partial charge in [0.25, 0.3) is 0 Å². The van der Waals surface area contributed by atoms with Crippen molar-refractivity contribution in [3.8, 4) is 0 Å². The number of hydrogen-bond acceptors (Lipinski definition) is 4. The van der Waals surface area contributed by atoms with Gasteiger partial charge in [0.05, 0.1) is 10.9 Å². The first kappa shape index (κ1) is 9.80. The molecule has 0 radical (unpaired) electrons. The molecular formula is C9H12ClN3S. The third kappa shape index (κ3) is 2.62. The maximum Gasteiger partial charge on any atom is 0.191 e. The number of nitrogens with one attached hydrogen (secondary N) is 2. The fourth-order valence-corrected chi connectivity index (χ4v) is 2.39. The Morgan fingerprint density at radius 3 is 3.14 bits per heavy atom. The lowest BCUT2D eigenvalue weighted by Gasteiger charge is -2.04. The number of guanidine groups is 1. The molecule has 14 heavy (non-hydrogen) atoms. The van der Waals surface area contributed by atoms with Crippen molar-refractivity contribution in [1.29, 1.82) is 0 Å². The normalized spacial score (nSPS) is 15.1. The van der Waals surface area contributed by atoms with Gasteiger partial charge in [-0.25, -0.2) is 0 Å². The number of nitrogens with zero attached hydrogens (tertiary/aromatic N) is 1. The Kier molecular flexibility index (Phi) is 3.26. The summed E-state index contributed by atoms with van der Waals surface area (Å²) in [7, 11) is 0. The predicted molar refractivity (Wildman–Crippen MR) is 61.3 cm³/mol. The Labute approximate surface area is 92.2 Å². The first-order chi connectivity index (χ1) is 6.84. The second-order valence-corrected chi connectivity index (χ2v) is 4.84. The van der Waals surface area contributed by atoms with Crippen LogP contribution < -0.4 is 10.6 Å². The molecule has 1 aliphatic heterocycles. The Balaban J connectivity index is 1.72. The highest BCUT2D eigenvalue weighted by molar-refractivity contribution is 7.16. The Morgan fingerprint density at radius 2 is 2.50 bits per heavy atom. The van der Waals surface area contributed by atoms with E-state index in [2.05, 4.69) is 21.7 Å². The number of rotatable bonds is 3. The zero-order valence-electron chi connectivity index (χ0n) is 7.72. The molecule has 76 valence electrons.